The average molecular weight is 497 g/mol. The first kappa shape index (κ1) is 27.3. The van der Waals surface area contributed by atoms with E-state index < -0.39 is 18.6 Å². The van der Waals surface area contributed by atoms with Crippen LogP contribution in [0.25, 0.3) is 22.8 Å². The maximum absolute atomic E-state index is 11.2. The second-order valence-electron chi connectivity index (χ2n) is 9.27. The van der Waals surface area contributed by atoms with Crippen molar-refractivity contribution in [3.8, 4) is 28.6 Å². The summed E-state index contributed by atoms with van der Waals surface area (Å²) in [5, 5.41) is 25.5. The Balaban J connectivity index is 1.78. The molecule has 0 fully saturated rings. The summed E-state index contributed by atoms with van der Waals surface area (Å²) >= 11 is 0. The van der Waals surface area contributed by atoms with Gasteiger partial charge in [-0.25, -0.2) is 0 Å². The van der Waals surface area contributed by atoms with E-state index in [1.165, 1.54) is 5.56 Å². The number of hydrogen-bond donors (Lipinski definition) is 3. The summed E-state index contributed by atoms with van der Waals surface area (Å²) in [5.74, 6) is 1.56. The van der Waals surface area contributed by atoms with Gasteiger partial charge < -0.3 is 24.8 Å². The topological polar surface area (TPSA) is 131 Å². The molecule has 3 rings (SSSR count). The van der Waals surface area contributed by atoms with Gasteiger partial charge in [0.15, 0.2) is 0 Å². The average Bonchev–Trinajstić information content (AvgIpc) is 3.36. The van der Waals surface area contributed by atoms with E-state index in [0.717, 1.165) is 40.8 Å². The molecule has 9 heteroatoms. The maximum atomic E-state index is 11.2. The second-order valence-corrected chi connectivity index (χ2v) is 9.27. The fourth-order valence-corrected chi connectivity index (χ4v) is 3.96. The van der Waals surface area contributed by atoms with Crippen LogP contribution in [0.3, 0.4) is 0 Å². The molecule has 1 atom stereocenters. The molecule has 3 N–H and O–H groups in total. The highest BCUT2D eigenvalue weighted by Crippen LogP contribution is 2.31. The van der Waals surface area contributed by atoms with Gasteiger partial charge in [0.2, 0.25) is 11.7 Å². The molecule has 1 amide bonds. The molecule has 9 nitrogen and oxygen atoms in total. The van der Waals surface area contributed by atoms with Gasteiger partial charge in [0, 0.05) is 24.0 Å². The summed E-state index contributed by atoms with van der Waals surface area (Å²) in [6, 6.07) is 5.96. The zero-order chi connectivity index (χ0) is 26.2. The lowest BCUT2D eigenvalue weighted by Crippen LogP contribution is -2.36. The van der Waals surface area contributed by atoms with Crippen molar-refractivity contribution in [3.05, 3.63) is 46.8 Å². The van der Waals surface area contributed by atoms with E-state index >= 15 is 0 Å². The van der Waals surface area contributed by atoms with Crippen LogP contribution in [0.2, 0.25) is 0 Å². The van der Waals surface area contributed by atoms with Gasteiger partial charge >= 0.3 is 0 Å². The van der Waals surface area contributed by atoms with Gasteiger partial charge in [0.1, 0.15) is 25.1 Å². The molecule has 0 radical (unpaired) electrons. The highest BCUT2D eigenvalue weighted by Gasteiger charge is 2.17. The van der Waals surface area contributed by atoms with Crippen LogP contribution in [0.15, 0.2) is 28.9 Å². The molecule has 0 spiro atoms. The number of hydrogen-bond acceptors (Lipinski definition) is 8. The third-order valence-electron chi connectivity index (χ3n) is 5.80. The van der Waals surface area contributed by atoms with Gasteiger partial charge in [-0.2, -0.15) is 4.98 Å². The number of nitrogens with zero attached hydrogens (tertiary/aromatic N) is 3. The Bertz CT molecular complexity index is 1170. The molecule has 194 valence electrons. The molecule has 0 aliphatic carbocycles. The summed E-state index contributed by atoms with van der Waals surface area (Å²) in [6.45, 7) is 9.80. The molecule has 3 aromatic rings. The van der Waals surface area contributed by atoms with Crippen molar-refractivity contribution in [1.29, 1.82) is 0 Å². The lowest BCUT2D eigenvalue weighted by Gasteiger charge is -2.17. The van der Waals surface area contributed by atoms with E-state index in [1.807, 2.05) is 26.0 Å². The van der Waals surface area contributed by atoms with Gasteiger partial charge in [-0.3, -0.25) is 9.78 Å². The number of rotatable bonds is 12. The lowest BCUT2D eigenvalue weighted by molar-refractivity contribution is -0.124. The number of aryl methyl sites for hydroxylation is 3. The van der Waals surface area contributed by atoms with E-state index in [-0.39, 0.29) is 13.2 Å². The van der Waals surface area contributed by atoms with Crippen molar-refractivity contribution in [2.45, 2.75) is 60.0 Å². The van der Waals surface area contributed by atoms with Crippen molar-refractivity contribution in [3.63, 3.8) is 0 Å². The Morgan fingerprint density at radius 1 is 1.14 bits per heavy atom. The zero-order valence-electron chi connectivity index (χ0n) is 21.7. The highest BCUT2D eigenvalue weighted by molar-refractivity contribution is 5.76. The summed E-state index contributed by atoms with van der Waals surface area (Å²) < 4.78 is 11.5. The zero-order valence-corrected chi connectivity index (χ0v) is 21.7. The molecule has 1 aromatic carbocycles. The monoisotopic (exact) mass is 496 g/mol. The number of carbonyl (C=O) groups excluding carboxylic acids is 1. The summed E-state index contributed by atoms with van der Waals surface area (Å²) in [7, 11) is 0. The van der Waals surface area contributed by atoms with Gasteiger partial charge in [-0.05, 0) is 67.0 Å². The quantitative estimate of drug-likeness (QED) is 0.348. The number of aliphatic hydroxyl groups is 2. The molecule has 0 saturated heterocycles. The fraction of sp³-hybridized carbons (Fsp3) is 0.481. The predicted octanol–water partition coefficient (Wildman–Crippen LogP) is 3.28. The van der Waals surface area contributed by atoms with E-state index in [9.17, 15) is 9.90 Å². The Morgan fingerprint density at radius 2 is 1.86 bits per heavy atom. The minimum Gasteiger partial charge on any atom is -0.490 e. The van der Waals surface area contributed by atoms with E-state index in [2.05, 4.69) is 47.3 Å². The Morgan fingerprint density at radius 3 is 2.53 bits per heavy atom. The standard InChI is InChI=1S/C27H36N4O5/c1-6-18-10-21(12-28-23(18)8-16(3)4)27-30-26(31-36-27)20-9-17(5)25(19(7-2)11-20)35-15-22(33)13-29-24(34)14-32/h9-12,16,22,32-33H,6-8,13-15H2,1-5H3,(H,29,34)/t22-/m0/s1. The Labute approximate surface area is 211 Å². The molecule has 0 saturated carbocycles. The van der Waals surface area contributed by atoms with Crippen LogP contribution in [0.5, 0.6) is 5.75 Å². The van der Waals surface area contributed by atoms with Crippen molar-refractivity contribution in [2.24, 2.45) is 5.92 Å². The Hall–Kier alpha value is -3.30. The maximum Gasteiger partial charge on any atom is 0.259 e. The first-order valence-electron chi connectivity index (χ1n) is 12.4. The van der Waals surface area contributed by atoms with E-state index in [0.29, 0.717) is 29.8 Å². The SMILES string of the molecule is CCc1cc(-c2nc(-c3cc(C)c(OC[C@@H](O)CNC(=O)CO)c(CC)c3)no2)cnc1CC(C)C. The number of nitrogens with one attached hydrogen (secondary N) is 1. The molecular formula is C27H36N4O5. The van der Waals surface area contributed by atoms with Crippen LogP contribution in [0, 0.1) is 12.8 Å². The number of ether oxygens (including phenoxy) is 1. The van der Waals surface area contributed by atoms with Gasteiger partial charge in [-0.1, -0.05) is 32.9 Å². The largest absolute Gasteiger partial charge is 0.490 e. The molecule has 36 heavy (non-hydrogen) atoms. The smallest absolute Gasteiger partial charge is 0.259 e. The Kier molecular flexibility index (Phi) is 9.55. The number of amides is 1. The third kappa shape index (κ3) is 6.89. The van der Waals surface area contributed by atoms with Crippen molar-refractivity contribution in [1.82, 2.24) is 20.4 Å². The van der Waals surface area contributed by atoms with Crippen LogP contribution >= 0.6 is 0 Å². The molecule has 0 bridgehead atoms. The number of benzene rings is 1. The second kappa shape index (κ2) is 12.6. The lowest BCUT2D eigenvalue weighted by atomic mass is 10.0. The first-order chi connectivity index (χ1) is 17.2. The predicted molar refractivity (Wildman–Crippen MR) is 137 cm³/mol. The normalized spacial score (nSPS) is 12.1. The molecule has 0 aliphatic rings. The number of pyridine rings is 1. The van der Waals surface area contributed by atoms with Crippen molar-refractivity contribution in [2.75, 3.05) is 19.8 Å². The number of carbonyl (C=O) groups is 1. The van der Waals surface area contributed by atoms with E-state index in [4.69, 9.17) is 14.4 Å². The van der Waals surface area contributed by atoms with Gasteiger partial charge in [-0.15, -0.1) is 0 Å². The van der Waals surface area contributed by atoms with Crippen LogP contribution in [0.4, 0.5) is 0 Å². The van der Waals surface area contributed by atoms with Crippen LogP contribution in [-0.4, -0.2) is 57.1 Å². The van der Waals surface area contributed by atoms with Gasteiger partial charge in [0.25, 0.3) is 5.89 Å². The van der Waals surface area contributed by atoms with Crippen LogP contribution in [-0.2, 0) is 24.1 Å². The van der Waals surface area contributed by atoms with Crippen molar-refractivity contribution >= 4 is 5.91 Å². The summed E-state index contributed by atoms with van der Waals surface area (Å²) in [6.07, 6.45) is 3.40. The molecule has 2 heterocycles. The fourth-order valence-electron chi connectivity index (χ4n) is 3.96. The molecule has 0 unspecified atom stereocenters. The van der Waals surface area contributed by atoms with E-state index in [1.54, 1.807) is 6.20 Å². The molecule has 0 aliphatic heterocycles. The molecular weight excluding hydrogens is 460 g/mol. The van der Waals surface area contributed by atoms with Crippen molar-refractivity contribution < 1.29 is 24.3 Å². The summed E-state index contributed by atoms with van der Waals surface area (Å²) in [5.41, 5.74) is 5.71. The minimum absolute atomic E-state index is 0.00330. The van der Waals surface area contributed by atoms with Gasteiger partial charge in [0.05, 0.1) is 5.56 Å². The highest BCUT2D eigenvalue weighted by atomic mass is 16.5. The van der Waals surface area contributed by atoms with Crippen LogP contribution in [0.1, 0.15) is 50.1 Å². The minimum atomic E-state index is -0.905. The number of aromatic nitrogens is 3. The van der Waals surface area contributed by atoms with Crippen LogP contribution < -0.4 is 10.1 Å². The third-order valence-corrected chi connectivity index (χ3v) is 5.80. The first-order valence-corrected chi connectivity index (χ1v) is 12.4. The molecule has 2 aromatic heterocycles. The summed E-state index contributed by atoms with van der Waals surface area (Å²) in [4.78, 5) is 20.4. The number of aliphatic hydroxyl groups excluding tert-OH is 2.